The highest BCUT2D eigenvalue weighted by molar-refractivity contribution is 5.78. The molecule has 15 heavy (non-hydrogen) atoms. The number of likely N-dealkylation sites (N-methyl/N-ethyl adjacent to an activating group) is 1. The average molecular weight is 216 g/mol. The normalized spacial score (nSPS) is 15.3. The lowest BCUT2D eigenvalue weighted by molar-refractivity contribution is -0.144. The summed E-state index contributed by atoms with van der Waals surface area (Å²) >= 11 is 0. The number of carbonyl (C=O) groups is 1. The number of unbranched alkanes of at least 4 members (excludes halogenated alkanes) is 1. The van der Waals surface area contributed by atoms with Gasteiger partial charge in [-0.3, -0.25) is 4.79 Å². The van der Waals surface area contributed by atoms with Crippen molar-refractivity contribution in [2.75, 3.05) is 27.2 Å². The molecule has 0 fully saturated rings. The first-order chi connectivity index (χ1) is 6.92. The lowest BCUT2D eigenvalue weighted by atomic mass is 9.95. The number of nitrogens with one attached hydrogen (secondary N) is 1. The lowest BCUT2D eigenvalue weighted by Crippen LogP contribution is -2.49. The van der Waals surface area contributed by atoms with Gasteiger partial charge in [0.2, 0.25) is 0 Å². The molecule has 0 bridgehead atoms. The van der Waals surface area contributed by atoms with Crippen LogP contribution in [-0.2, 0) is 4.79 Å². The van der Waals surface area contributed by atoms with E-state index in [1.807, 2.05) is 21.0 Å². The molecule has 0 saturated heterocycles. The van der Waals surface area contributed by atoms with Crippen molar-refractivity contribution < 1.29 is 9.90 Å². The van der Waals surface area contributed by atoms with Crippen LogP contribution >= 0.6 is 0 Å². The maximum atomic E-state index is 11.1. The quantitative estimate of drug-likeness (QED) is 0.598. The van der Waals surface area contributed by atoms with E-state index in [2.05, 4.69) is 10.2 Å². The Kier molecular flexibility index (Phi) is 6.52. The number of carboxylic acid groups (broad SMARTS) is 1. The molecule has 0 aromatic heterocycles. The molecule has 0 aliphatic rings. The van der Waals surface area contributed by atoms with Crippen molar-refractivity contribution in [1.82, 2.24) is 10.2 Å². The van der Waals surface area contributed by atoms with E-state index in [9.17, 15) is 4.79 Å². The second-order valence-corrected chi connectivity index (χ2v) is 4.43. The van der Waals surface area contributed by atoms with E-state index in [0.29, 0.717) is 13.0 Å². The largest absolute Gasteiger partial charge is 0.480 e. The smallest absolute Gasteiger partial charge is 0.323 e. The maximum Gasteiger partial charge on any atom is 0.323 e. The van der Waals surface area contributed by atoms with Gasteiger partial charge in [-0.1, -0.05) is 6.92 Å². The van der Waals surface area contributed by atoms with Crippen LogP contribution in [0, 0.1) is 0 Å². The molecule has 0 radical (unpaired) electrons. The second kappa shape index (κ2) is 6.80. The fourth-order valence-corrected chi connectivity index (χ4v) is 1.57. The Hall–Kier alpha value is -0.610. The highest BCUT2D eigenvalue weighted by Gasteiger charge is 2.30. The predicted molar refractivity (Wildman–Crippen MR) is 62.1 cm³/mol. The Morgan fingerprint density at radius 3 is 2.40 bits per heavy atom. The first-order valence-corrected chi connectivity index (χ1v) is 5.55. The lowest BCUT2D eigenvalue weighted by Gasteiger charge is -2.25. The van der Waals surface area contributed by atoms with Crippen LogP contribution in [0.4, 0.5) is 0 Å². The van der Waals surface area contributed by atoms with Crippen molar-refractivity contribution in [2.45, 2.75) is 38.6 Å². The molecule has 0 heterocycles. The summed E-state index contributed by atoms with van der Waals surface area (Å²) in [6, 6.07) is 0. The fourth-order valence-electron chi connectivity index (χ4n) is 1.57. The molecular weight excluding hydrogens is 192 g/mol. The number of rotatable bonds is 8. The summed E-state index contributed by atoms with van der Waals surface area (Å²) in [6.07, 6.45) is 2.67. The van der Waals surface area contributed by atoms with Gasteiger partial charge < -0.3 is 15.3 Å². The summed E-state index contributed by atoms with van der Waals surface area (Å²) in [5.74, 6) is -0.755. The fraction of sp³-hybridized carbons (Fsp3) is 0.909. The van der Waals surface area contributed by atoms with E-state index >= 15 is 0 Å². The van der Waals surface area contributed by atoms with E-state index in [0.717, 1.165) is 19.4 Å². The molecule has 4 heteroatoms. The molecule has 0 aromatic rings. The zero-order valence-electron chi connectivity index (χ0n) is 10.3. The second-order valence-electron chi connectivity index (χ2n) is 4.43. The Morgan fingerprint density at radius 2 is 2.00 bits per heavy atom. The van der Waals surface area contributed by atoms with Gasteiger partial charge in [0.05, 0.1) is 0 Å². The van der Waals surface area contributed by atoms with Gasteiger partial charge in [0.25, 0.3) is 0 Å². The molecule has 0 amide bonds. The van der Waals surface area contributed by atoms with Crippen LogP contribution in [0.2, 0.25) is 0 Å². The minimum atomic E-state index is -0.763. The SMILES string of the molecule is CCNC(C)(CCCCN(C)C)C(=O)O. The Balaban J connectivity index is 3.92. The number of hydrogen-bond donors (Lipinski definition) is 2. The van der Waals surface area contributed by atoms with Crippen LogP contribution in [0.3, 0.4) is 0 Å². The molecule has 90 valence electrons. The third kappa shape index (κ3) is 5.74. The molecule has 0 rings (SSSR count). The van der Waals surface area contributed by atoms with Gasteiger partial charge in [-0.2, -0.15) is 0 Å². The summed E-state index contributed by atoms with van der Waals surface area (Å²) in [5.41, 5.74) is -0.763. The summed E-state index contributed by atoms with van der Waals surface area (Å²) in [6.45, 7) is 5.40. The molecule has 0 aliphatic carbocycles. The summed E-state index contributed by atoms with van der Waals surface area (Å²) in [5, 5.41) is 12.1. The van der Waals surface area contributed by atoms with Gasteiger partial charge in [0, 0.05) is 0 Å². The first-order valence-electron chi connectivity index (χ1n) is 5.55. The number of carboxylic acids is 1. The summed E-state index contributed by atoms with van der Waals surface area (Å²) < 4.78 is 0. The van der Waals surface area contributed by atoms with Crippen LogP contribution in [-0.4, -0.2) is 48.7 Å². The number of nitrogens with zero attached hydrogens (tertiary/aromatic N) is 1. The monoisotopic (exact) mass is 216 g/mol. The highest BCUT2D eigenvalue weighted by atomic mass is 16.4. The van der Waals surface area contributed by atoms with Crippen LogP contribution in [0.15, 0.2) is 0 Å². The van der Waals surface area contributed by atoms with Crippen LogP contribution < -0.4 is 5.32 Å². The van der Waals surface area contributed by atoms with Gasteiger partial charge in [0.1, 0.15) is 5.54 Å². The summed E-state index contributed by atoms with van der Waals surface area (Å²) in [4.78, 5) is 13.2. The predicted octanol–water partition coefficient (Wildman–Crippen LogP) is 1.17. The van der Waals surface area contributed by atoms with Gasteiger partial charge in [0.15, 0.2) is 0 Å². The molecule has 4 nitrogen and oxygen atoms in total. The first kappa shape index (κ1) is 14.4. The van der Waals surface area contributed by atoms with Crippen LogP contribution in [0.25, 0.3) is 0 Å². The molecule has 1 unspecified atom stereocenters. The van der Waals surface area contributed by atoms with Crippen LogP contribution in [0.1, 0.15) is 33.1 Å². The Labute approximate surface area is 92.7 Å². The molecule has 0 aromatic carbocycles. The van der Waals surface area contributed by atoms with Crippen molar-refractivity contribution in [3.63, 3.8) is 0 Å². The van der Waals surface area contributed by atoms with E-state index in [-0.39, 0.29) is 0 Å². The molecular formula is C11H24N2O2. The Morgan fingerprint density at radius 1 is 1.40 bits per heavy atom. The van der Waals surface area contributed by atoms with Gasteiger partial charge in [-0.25, -0.2) is 0 Å². The third-order valence-electron chi connectivity index (χ3n) is 2.57. The molecule has 0 aliphatic heterocycles. The summed E-state index contributed by atoms with van der Waals surface area (Å²) in [7, 11) is 4.06. The van der Waals surface area contributed by atoms with Crippen molar-refractivity contribution >= 4 is 5.97 Å². The van der Waals surface area contributed by atoms with Crippen molar-refractivity contribution in [3.8, 4) is 0 Å². The maximum absolute atomic E-state index is 11.1. The van der Waals surface area contributed by atoms with E-state index in [1.165, 1.54) is 0 Å². The molecule has 2 N–H and O–H groups in total. The third-order valence-corrected chi connectivity index (χ3v) is 2.57. The van der Waals surface area contributed by atoms with Crippen molar-refractivity contribution in [3.05, 3.63) is 0 Å². The van der Waals surface area contributed by atoms with E-state index < -0.39 is 11.5 Å². The number of hydrogen-bond acceptors (Lipinski definition) is 3. The minimum absolute atomic E-state index is 0.685. The number of aliphatic carboxylic acids is 1. The van der Waals surface area contributed by atoms with Crippen molar-refractivity contribution in [2.24, 2.45) is 0 Å². The van der Waals surface area contributed by atoms with Gasteiger partial charge in [-0.05, 0) is 53.4 Å². The zero-order valence-corrected chi connectivity index (χ0v) is 10.3. The Bertz CT molecular complexity index is 195. The molecule has 0 saturated carbocycles. The minimum Gasteiger partial charge on any atom is -0.480 e. The standard InChI is InChI=1S/C11H24N2O2/c1-5-12-11(2,10(14)15)8-6-7-9-13(3)4/h12H,5-9H2,1-4H3,(H,14,15). The average Bonchev–Trinajstić information content (AvgIpc) is 2.12. The van der Waals surface area contributed by atoms with E-state index in [1.54, 1.807) is 6.92 Å². The molecule has 1 atom stereocenters. The molecule has 0 spiro atoms. The topological polar surface area (TPSA) is 52.6 Å². The van der Waals surface area contributed by atoms with Crippen LogP contribution in [0.5, 0.6) is 0 Å². The van der Waals surface area contributed by atoms with E-state index in [4.69, 9.17) is 5.11 Å². The van der Waals surface area contributed by atoms with Crippen molar-refractivity contribution in [1.29, 1.82) is 0 Å². The highest BCUT2D eigenvalue weighted by Crippen LogP contribution is 2.14. The zero-order chi connectivity index (χ0) is 11.9. The van der Waals surface area contributed by atoms with Gasteiger partial charge >= 0.3 is 5.97 Å². The van der Waals surface area contributed by atoms with Gasteiger partial charge in [-0.15, -0.1) is 0 Å².